The molecule has 3 heterocycles. The van der Waals surface area contributed by atoms with Crippen LogP contribution in [-0.2, 0) is 4.74 Å². The highest BCUT2D eigenvalue weighted by Crippen LogP contribution is 2.33. The largest absolute Gasteiger partial charge is 0.469 e. The molecule has 1 unspecified atom stereocenters. The molecule has 10 heteroatoms. The third-order valence-corrected chi connectivity index (χ3v) is 6.37. The molecule has 192 valence electrons. The maximum atomic E-state index is 15.0. The fourth-order valence-corrected chi connectivity index (χ4v) is 4.20. The molecule has 1 saturated heterocycles. The number of ether oxygens (including phenoxy) is 2. The molecule has 0 aliphatic carbocycles. The van der Waals surface area contributed by atoms with Gasteiger partial charge < -0.3 is 25.2 Å². The third-order valence-electron chi connectivity index (χ3n) is 6.37. The first kappa shape index (κ1) is 24.9. The van der Waals surface area contributed by atoms with E-state index in [2.05, 4.69) is 25.1 Å². The molecule has 9 nitrogen and oxygen atoms in total. The van der Waals surface area contributed by atoms with Gasteiger partial charge in [-0.25, -0.2) is 14.4 Å². The summed E-state index contributed by atoms with van der Waals surface area (Å²) in [6, 6.07) is 13.5. The van der Waals surface area contributed by atoms with Crippen LogP contribution in [0.2, 0.25) is 0 Å². The van der Waals surface area contributed by atoms with E-state index in [1.165, 1.54) is 18.5 Å². The highest BCUT2D eigenvalue weighted by Gasteiger charge is 2.21. The van der Waals surface area contributed by atoms with Crippen LogP contribution in [0.3, 0.4) is 0 Å². The van der Waals surface area contributed by atoms with Gasteiger partial charge in [-0.2, -0.15) is 0 Å². The third kappa shape index (κ3) is 5.36. The maximum Gasteiger partial charge on any atom is 0.233 e. The Morgan fingerprint density at radius 3 is 2.62 bits per heavy atom. The number of hydrogen-bond acceptors (Lipinski definition) is 9. The predicted molar refractivity (Wildman–Crippen MR) is 138 cm³/mol. The van der Waals surface area contributed by atoms with E-state index in [9.17, 15) is 5.11 Å². The Labute approximate surface area is 214 Å². The molecule has 0 bridgehead atoms. The lowest BCUT2D eigenvalue weighted by Crippen LogP contribution is -2.37. The average molecular weight is 505 g/mol. The molecule has 0 saturated carbocycles. The van der Waals surface area contributed by atoms with Gasteiger partial charge in [0.15, 0.2) is 0 Å². The number of morpholine rings is 1. The minimum Gasteiger partial charge on any atom is -0.469 e. The lowest BCUT2D eigenvalue weighted by atomic mass is 9.99. The van der Waals surface area contributed by atoms with Crippen molar-refractivity contribution in [3.05, 3.63) is 71.9 Å². The van der Waals surface area contributed by atoms with Gasteiger partial charge in [-0.15, -0.1) is 10.2 Å². The number of aliphatic hydroxyl groups is 1. The van der Waals surface area contributed by atoms with E-state index in [0.29, 0.717) is 53.5 Å². The van der Waals surface area contributed by atoms with Gasteiger partial charge in [-0.05, 0) is 55.8 Å². The molecule has 0 amide bonds. The molecule has 0 radical (unpaired) electrons. The Morgan fingerprint density at radius 1 is 1.08 bits per heavy atom. The number of halogens is 1. The second-order valence-electron chi connectivity index (χ2n) is 9.53. The van der Waals surface area contributed by atoms with Crippen LogP contribution in [0, 0.1) is 5.82 Å². The van der Waals surface area contributed by atoms with Crippen LogP contribution in [0.15, 0.2) is 54.9 Å². The van der Waals surface area contributed by atoms with Gasteiger partial charge in [0, 0.05) is 42.3 Å². The first-order valence-electron chi connectivity index (χ1n) is 12.1. The van der Waals surface area contributed by atoms with Gasteiger partial charge in [0.2, 0.25) is 5.88 Å². The Balaban J connectivity index is 1.44. The number of aromatic nitrogens is 4. The Morgan fingerprint density at radius 2 is 1.89 bits per heavy atom. The molecule has 1 fully saturated rings. The van der Waals surface area contributed by atoms with E-state index in [-0.39, 0.29) is 5.56 Å². The first-order chi connectivity index (χ1) is 17.8. The van der Waals surface area contributed by atoms with Crippen molar-refractivity contribution in [2.45, 2.75) is 25.6 Å². The van der Waals surface area contributed by atoms with Crippen LogP contribution in [0.5, 0.6) is 5.88 Å². The predicted octanol–water partition coefficient (Wildman–Crippen LogP) is 3.26. The second kappa shape index (κ2) is 10.3. The first-order valence-corrected chi connectivity index (χ1v) is 12.1. The van der Waals surface area contributed by atoms with Gasteiger partial charge in [0.25, 0.3) is 0 Å². The van der Waals surface area contributed by atoms with E-state index in [1.54, 1.807) is 18.2 Å². The standard InChI is InChI=1S/C27H29FN6O3/c1-27(2,15-29)37-24-8-7-22(32-33-24)26(35)17-3-6-21(28)20(13-17)25-19-5-4-18(14-23(19)30-16-31-25)34-9-11-36-12-10-34/h3-8,13-14,16,26,35H,9-12,15,29H2,1-2H3. The summed E-state index contributed by atoms with van der Waals surface area (Å²) in [5.74, 6) is -0.151. The number of nitrogens with two attached hydrogens (primary N) is 1. The quantitative estimate of drug-likeness (QED) is 0.391. The molecule has 37 heavy (non-hydrogen) atoms. The fourth-order valence-electron chi connectivity index (χ4n) is 4.20. The van der Waals surface area contributed by atoms with Crippen molar-refractivity contribution in [3.8, 4) is 17.1 Å². The molecule has 1 aliphatic heterocycles. The molecule has 2 aromatic carbocycles. The van der Waals surface area contributed by atoms with Crippen molar-refractivity contribution in [2.24, 2.45) is 5.73 Å². The highest BCUT2D eigenvalue weighted by atomic mass is 19.1. The van der Waals surface area contributed by atoms with E-state index in [0.717, 1.165) is 18.8 Å². The zero-order valence-corrected chi connectivity index (χ0v) is 20.8. The van der Waals surface area contributed by atoms with Crippen LogP contribution >= 0.6 is 0 Å². The van der Waals surface area contributed by atoms with Crippen molar-refractivity contribution in [3.63, 3.8) is 0 Å². The van der Waals surface area contributed by atoms with Gasteiger partial charge in [-0.1, -0.05) is 6.07 Å². The molecule has 1 atom stereocenters. The maximum absolute atomic E-state index is 15.0. The monoisotopic (exact) mass is 504 g/mol. The molecule has 0 spiro atoms. The minimum absolute atomic E-state index is 0.265. The summed E-state index contributed by atoms with van der Waals surface area (Å²) >= 11 is 0. The number of anilines is 1. The van der Waals surface area contributed by atoms with Crippen LogP contribution in [0.1, 0.15) is 31.2 Å². The number of nitrogens with zero attached hydrogens (tertiary/aromatic N) is 5. The van der Waals surface area contributed by atoms with Crippen LogP contribution in [0.4, 0.5) is 10.1 Å². The van der Waals surface area contributed by atoms with Gasteiger partial charge in [0.1, 0.15) is 23.8 Å². The van der Waals surface area contributed by atoms with Crippen molar-refractivity contribution in [1.29, 1.82) is 0 Å². The summed E-state index contributed by atoms with van der Waals surface area (Å²) in [6.45, 7) is 6.97. The van der Waals surface area contributed by atoms with Gasteiger partial charge >= 0.3 is 0 Å². The number of aliphatic hydroxyl groups excluding tert-OH is 1. The van der Waals surface area contributed by atoms with E-state index in [4.69, 9.17) is 15.2 Å². The van der Waals surface area contributed by atoms with Gasteiger partial charge in [-0.3, -0.25) is 0 Å². The Bertz CT molecular complexity index is 1390. The van der Waals surface area contributed by atoms with Gasteiger partial charge in [0.05, 0.1) is 30.1 Å². The molecular weight excluding hydrogens is 475 g/mol. The fraction of sp³-hybridized carbons (Fsp3) is 0.333. The summed E-state index contributed by atoms with van der Waals surface area (Å²) in [6.07, 6.45) is 0.306. The molecule has 4 aromatic rings. The molecule has 2 aromatic heterocycles. The molecule has 1 aliphatic rings. The van der Waals surface area contributed by atoms with Crippen molar-refractivity contribution >= 4 is 16.6 Å². The molecule has 5 rings (SSSR count). The topological polar surface area (TPSA) is 120 Å². The summed E-state index contributed by atoms with van der Waals surface area (Å²) in [7, 11) is 0. The smallest absolute Gasteiger partial charge is 0.233 e. The summed E-state index contributed by atoms with van der Waals surface area (Å²) in [4.78, 5) is 11.0. The number of benzene rings is 2. The number of rotatable bonds is 7. The summed E-state index contributed by atoms with van der Waals surface area (Å²) in [5.41, 5.74) is 8.32. The van der Waals surface area contributed by atoms with E-state index >= 15 is 4.39 Å². The number of fused-ring (bicyclic) bond motifs is 1. The van der Waals surface area contributed by atoms with Crippen LogP contribution in [-0.4, -0.2) is 63.7 Å². The number of hydrogen-bond donors (Lipinski definition) is 2. The SMILES string of the molecule is CC(C)(CN)Oc1ccc(C(O)c2ccc(F)c(-c3ncnc4cc(N5CCOCC5)ccc34)c2)nn1. The highest BCUT2D eigenvalue weighted by molar-refractivity contribution is 5.94. The second-order valence-corrected chi connectivity index (χ2v) is 9.53. The average Bonchev–Trinajstić information content (AvgIpc) is 2.93. The summed E-state index contributed by atoms with van der Waals surface area (Å²) in [5, 5.41) is 19.9. The normalized spacial score (nSPS) is 15.1. The van der Waals surface area contributed by atoms with Crippen LogP contribution in [0.25, 0.3) is 22.2 Å². The Kier molecular flexibility index (Phi) is 6.96. The van der Waals surface area contributed by atoms with Crippen LogP contribution < -0.4 is 15.4 Å². The van der Waals surface area contributed by atoms with Crippen molar-refractivity contribution in [1.82, 2.24) is 20.2 Å². The lowest BCUT2D eigenvalue weighted by molar-refractivity contribution is 0.110. The van der Waals surface area contributed by atoms with E-state index in [1.807, 2.05) is 32.0 Å². The van der Waals surface area contributed by atoms with Crippen molar-refractivity contribution in [2.75, 3.05) is 37.7 Å². The zero-order chi connectivity index (χ0) is 26.0. The lowest BCUT2D eigenvalue weighted by Gasteiger charge is -2.29. The molecular formula is C27H29FN6O3. The van der Waals surface area contributed by atoms with E-state index < -0.39 is 17.5 Å². The minimum atomic E-state index is -1.12. The molecule has 3 N–H and O–H groups in total. The summed E-state index contributed by atoms with van der Waals surface area (Å²) < 4.78 is 26.2. The van der Waals surface area contributed by atoms with Crippen molar-refractivity contribution < 1.29 is 19.0 Å². The Hall–Kier alpha value is -3.73. The zero-order valence-electron chi connectivity index (χ0n) is 20.8.